The number of esters is 1. The monoisotopic (exact) mass is 258 g/mol. The lowest BCUT2D eigenvalue weighted by Gasteiger charge is -2.10. The van der Waals surface area contributed by atoms with Crippen LogP contribution in [0.5, 0.6) is 5.75 Å². The van der Waals surface area contributed by atoms with Crippen LogP contribution in [0, 0.1) is 6.92 Å². The fraction of sp³-hybridized carbons (Fsp3) is 0.200. The molecule has 0 fully saturated rings. The van der Waals surface area contributed by atoms with Crippen molar-refractivity contribution in [2.24, 2.45) is 0 Å². The highest BCUT2D eigenvalue weighted by Gasteiger charge is 2.14. The van der Waals surface area contributed by atoms with E-state index in [0.29, 0.717) is 34.5 Å². The van der Waals surface area contributed by atoms with Crippen LogP contribution in [0.1, 0.15) is 18.2 Å². The van der Waals surface area contributed by atoms with Gasteiger partial charge in [0.25, 0.3) is 0 Å². The molecule has 0 atom stereocenters. The van der Waals surface area contributed by atoms with Gasteiger partial charge in [0.15, 0.2) is 5.43 Å². The van der Waals surface area contributed by atoms with E-state index >= 15 is 0 Å². The van der Waals surface area contributed by atoms with Crippen LogP contribution in [0.25, 0.3) is 11.0 Å². The van der Waals surface area contributed by atoms with Gasteiger partial charge in [-0.1, -0.05) is 6.08 Å². The first-order chi connectivity index (χ1) is 9.02. The summed E-state index contributed by atoms with van der Waals surface area (Å²) in [5.74, 6) is 0.496. The highest BCUT2D eigenvalue weighted by Crippen LogP contribution is 2.28. The van der Waals surface area contributed by atoms with Crippen molar-refractivity contribution in [2.45, 2.75) is 20.3 Å². The van der Waals surface area contributed by atoms with E-state index in [1.807, 2.05) is 0 Å². The first-order valence-corrected chi connectivity index (χ1v) is 5.88. The van der Waals surface area contributed by atoms with E-state index in [2.05, 4.69) is 6.58 Å². The molecule has 0 amide bonds. The van der Waals surface area contributed by atoms with Crippen molar-refractivity contribution in [3.63, 3.8) is 0 Å². The number of fused-ring (bicyclic) bond motifs is 1. The van der Waals surface area contributed by atoms with Gasteiger partial charge in [0.2, 0.25) is 0 Å². The third kappa shape index (κ3) is 2.57. The van der Waals surface area contributed by atoms with Crippen LogP contribution in [-0.4, -0.2) is 5.97 Å². The van der Waals surface area contributed by atoms with Crippen molar-refractivity contribution in [3.8, 4) is 5.75 Å². The minimum absolute atomic E-state index is 0.113. The number of carbonyl (C=O) groups excluding carboxylic acids is 1. The standard InChI is InChI=1S/C15H14O4/c1-4-5-12-14(19-10(3)16)7-6-11-13(17)8-9(2)18-15(11)12/h4,6-8H,1,5H2,2-3H3. The highest BCUT2D eigenvalue weighted by atomic mass is 16.5. The molecule has 0 aliphatic carbocycles. The molecule has 4 heteroatoms. The Hall–Kier alpha value is -2.36. The van der Waals surface area contributed by atoms with Gasteiger partial charge in [0.05, 0.1) is 5.39 Å². The van der Waals surface area contributed by atoms with Gasteiger partial charge in [-0.2, -0.15) is 0 Å². The minimum atomic E-state index is -0.417. The molecule has 0 aliphatic heterocycles. The maximum absolute atomic E-state index is 11.9. The minimum Gasteiger partial charge on any atom is -0.461 e. The second-order valence-corrected chi connectivity index (χ2v) is 4.23. The molecule has 1 heterocycles. The molecule has 0 bridgehead atoms. The molecule has 1 aromatic carbocycles. The molecule has 0 unspecified atom stereocenters. The first-order valence-electron chi connectivity index (χ1n) is 5.88. The molecule has 2 aromatic rings. The van der Waals surface area contributed by atoms with Gasteiger partial charge < -0.3 is 9.15 Å². The van der Waals surface area contributed by atoms with Crippen LogP contribution < -0.4 is 10.2 Å². The fourth-order valence-electron chi connectivity index (χ4n) is 1.96. The molecular formula is C15H14O4. The predicted molar refractivity (Wildman–Crippen MR) is 72.4 cm³/mol. The molecule has 0 N–H and O–H groups in total. The van der Waals surface area contributed by atoms with E-state index in [1.165, 1.54) is 13.0 Å². The molecule has 0 aliphatic rings. The lowest BCUT2D eigenvalue weighted by atomic mass is 10.1. The van der Waals surface area contributed by atoms with E-state index in [1.54, 1.807) is 25.1 Å². The largest absolute Gasteiger partial charge is 0.461 e. The molecule has 0 saturated heterocycles. The number of aryl methyl sites for hydroxylation is 1. The van der Waals surface area contributed by atoms with Gasteiger partial charge in [0.1, 0.15) is 17.1 Å². The van der Waals surface area contributed by atoms with Crippen LogP contribution in [-0.2, 0) is 11.2 Å². The predicted octanol–water partition coefficient (Wildman–Crippen LogP) is 2.76. The van der Waals surface area contributed by atoms with Crippen LogP contribution >= 0.6 is 0 Å². The Morgan fingerprint density at radius 2 is 2.21 bits per heavy atom. The summed E-state index contributed by atoms with van der Waals surface area (Å²) in [5, 5.41) is 0.471. The number of ether oxygens (including phenoxy) is 1. The maximum atomic E-state index is 11.9. The Balaban J connectivity index is 2.79. The average molecular weight is 258 g/mol. The topological polar surface area (TPSA) is 56.5 Å². The Labute approximate surface area is 110 Å². The Morgan fingerprint density at radius 3 is 2.84 bits per heavy atom. The van der Waals surface area contributed by atoms with E-state index in [0.717, 1.165) is 0 Å². The third-order valence-corrected chi connectivity index (χ3v) is 2.68. The van der Waals surface area contributed by atoms with Gasteiger partial charge in [-0.05, 0) is 25.5 Å². The Kier molecular flexibility index (Phi) is 3.51. The number of benzene rings is 1. The van der Waals surface area contributed by atoms with Crippen molar-refractivity contribution < 1.29 is 13.9 Å². The summed E-state index contributed by atoms with van der Waals surface area (Å²) in [6.07, 6.45) is 2.12. The molecule has 19 heavy (non-hydrogen) atoms. The quantitative estimate of drug-likeness (QED) is 0.482. The molecule has 98 valence electrons. The van der Waals surface area contributed by atoms with E-state index in [4.69, 9.17) is 9.15 Å². The second-order valence-electron chi connectivity index (χ2n) is 4.23. The first kappa shape index (κ1) is 13.1. The van der Waals surface area contributed by atoms with Gasteiger partial charge in [-0.25, -0.2) is 0 Å². The van der Waals surface area contributed by atoms with Crippen molar-refractivity contribution in [2.75, 3.05) is 0 Å². The summed E-state index contributed by atoms with van der Waals surface area (Å²) >= 11 is 0. The summed E-state index contributed by atoms with van der Waals surface area (Å²) in [5.41, 5.74) is 0.991. The summed E-state index contributed by atoms with van der Waals surface area (Å²) in [7, 11) is 0. The highest BCUT2D eigenvalue weighted by molar-refractivity contribution is 5.83. The van der Waals surface area contributed by atoms with Gasteiger partial charge in [-0.3, -0.25) is 9.59 Å². The molecule has 4 nitrogen and oxygen atoms in total. The molecule has 2 rings (SSSR count). The average Bonchev–Trinajstić information content (AvgIpc) is 2.31. The summed E-state index contributed by atoms with van der Waals surface area (Å²) in [6.45, 7) is 6.70. The number of carbonyl (C=O) groups is 1. The normalized spacial score (nSPS) is 10.4. The summed E-state index contributed by atoms with van der Waals surface area (Å²) < 4.78 is 10.7. The fourth-order valence-corrected chi connectivity index (χ4v) is 1.96. The Morgan fingerprint density at radius 1 is 1.47 bits per heavy atom. The molecule has 0 radical (unpaired) electrons. The molecule has 1 aromatic heterocycles. The lowest BCUT2D eigenvalue weighted by molar-refractivity contribution is -0.131. The van der Waals surface area contributed by atoms with Gasteiger partial charge in [-0.15, -0.1) is 6.58 Å². The number of hydrogen-bond donors (Lipinski definition) is 0. The van der Waals surface area contributed by atoms with E-state index < -0.39 is 5.97 Å². The summed E-state index contributed by atoms with van der Waals surface area (Å²) in [4.78, 5) is 23.0. The maximum Gasteiger partial charge on any atom is 0.308 e. The molecular weight excluding hydrogens is 244 g/mol. The van der Waals surface area contributed by atoms with Crippen molar-refractivity contribution >= 4 is 16.9 Å². The van der Waals surface area contributed by atoms with E-state index in [-0.39, 0.29) is 5.43 Å². The van der Waals surface area contributed by atoms with E-state index in [9.17, 15) is 9.59 Å². The van der Waals surface area contributed by atoms with Crippen LogP contribution in [0.4, 0.5) is 0 Å². The smallest absolute Gasteiger partial charge is 0.308 e. The van der Waals surface area contributed by atoms with Crippen molar-refractivity contribution in [3.05, 3.63) is 52.4 Å². The Bertz CT molecular complexity index is 710. The zero-order chi connectivity index (χ0) is 14.0. The second kappa shape index (κ2) is 5.10. The van der Waals surface area contributed by atoms with Crippen LogP contribution in [0.2, 0.25) is 0 Å². The van der Waals surface area contributed by atoms with Crippen LogP contribution in [0.15, 0.2) is 40.1 Å². The number of allylic oxidation sites excluding steroid dienone is 1. The van der Waals surface area contributed by atoms with Crippen molar-refractivity contribution in [1.82, 2.24) is 0 Å². The SMILES string of the molecule is C=CCc1c(OC(C)=O)ccc2c(=O)cc(C)oc12. The summed E-state index contributed by atoms with van der Waals surface area (Å²) in [6, 6.07) is 4.64. The number of rotatable bonds is 3. The zero-order valence-electron chi connectivity index (χ0n) is 10.9. The van der Waals surface area contributed by atoms with Gasteiger partial charge in [0, 0.05) is 18.6 Å². The van der Waals surface area contributed by atoms with Gasteiger partial charge >= 0.3 is 5.97 Å². The molecule has 0 spiro atoms. The third-order valence-electron chi connectivity index (χ3n) is 2.68. The van der Waals surface area contributed by atoms with Crippen molar-refractivity contribution in [1.29, 1.82) is 0 Å². The van der Waals surface area contributed by atoms with Crippen LogP contribution in [0.3, 0.4) is 0 Å². The molecule has 0 saturated carbocycles. The lowest BCUT2D eigenvalue weighted by Crippen LogP contribution is -2.07. The zero-order valence-corrected chi connectivity index (χ0v) is 10.9. The number of hydrogen-bond acceptors (Lipinski definition) is 4.